The minimum absolute atomic E-state index is 0.112. The van der Waals surface area contributed by atoms with E-state index >= 15 is 0 Å². The van der Waals surface area contributed by atoms with Crippen LogP contribution in [0.4, 0.5) is 5.69 Å². The Labute approximate surface area is 158 Å². The van der Waals surface area contributed by atoms with Gasteiger partial charge in [0, 0.05) is 49.8 Å². The van der Waals surface area contributed by atoms with Crippen LogP contribution in [-0.4, -0.2) is 52.0 Å². The molecule has 144 valence electrons. The van der Waals surface area contributed by atoms with Gasteiger partial charge in [0.05, 0.1) is 0 Å². The van der Waals surface area contributed by atoms with E-state index in [1.165, 1.54) is 0 Å². The lowest BCUT2D eigenvalue weighted by Crippen LogP contribution is -2.36. The molecule has 0 aliphatic heterocycles. The molecule has 2 aromatic rings. The van der Waals surface area contributed by atoms with E-state index in [0.717, 1.165) is 0 Å². The standard InChI is InChI=1S/C19H25N5O3/c1-3-23(4-2)19(27)15-8-5-9-16(14-15)22-18(26)17(25)20-10-6-12-24-13-7-11-21-24/h5,7-9,11,13-14H,3-4,6,10,12H2,1-2H3,(H,20,25)(H,22,26). The molecule has 2 N–H and O–H groups in total. The summed E-state index contributed by atoms with van der Waals surface area (Å²) in [6.07, 6.45) is 4.18. The second kappa shape index (κ2) is 10.1. The lowest BCUT2D eigenvalue weighted by atomic mass is 10.1. The van der Waals surface area contributed by atoms with Crippen molar-refractivity contribution in [2.75, 3.05) is 25.0 Å². The number of rotatable bonds is 8. The molecule has 0 aliphatic carbocycles. The van der Waals surface area contributed by atoms with Gasteiger partial charge in [-0.15, -0.1) is 0 Å². The van der Waals surface area contributed by atoms with Gasteiger partial charge in [-0.2, -0.15) is 5.10 Å². The number of anilines is 1. The molecule has 8 heteroatoms. The lowest BCUT2D eigenvalue weighted by Gasteiger charge is -2.19. The lowest BCUT2D eigenvalue weighted by molar-refractivity contribution is -0.136. The zero-order chi connectivity index (χ0) is 19.6. The Bertz CT molecular complexity index is 769. The minimum Gasteiger partial charge on any atom is -0.348 e. The van der Waals surface area contributed by atoms with E-state index in [2.05, 4.69) is 15.7 Å². The number of nitrogens with zero attached hydrogens (tertiary/aromatic N) is 3. The zero-order valence-electron chi connectivity index (χ0n) is 15.6. The summed E-state index contributed by atoms with van der Waals surface area (Å²) < 4.78 is 1.75. The third-order valence-electron chi connectivity index (χ3n) is 4.03. The number of hydrogen-bond acceptors (Lipinski definition) is 4. The molecule has 2 rings (SSSR count). The van der Waals surface area contributed by atoms with Gasteiger partial charge < -0.3 is 15.5 Å². The molecular weight excluding hydrogens is 346 g/mol. The number of benzene rings is 1. The number of aromatic nitrogens is 2. The van der Waals surface area contributed by atoms with E-state index in [4.69, 9.17) is 0 Å². The van der Waals surface area contributed by atoms with Gasteiger partial charge in [-0.3, -0.25) is 19.1 Å². The maximum atomic E-state index is 12.4. The number of hydrogen-bond donors (Lipinski definition) is 2. The maximum Gasteiger partial charge on any atom is 0.313 e. The highest BCUT2D eigenvalue weighted by Crippen LogP contribution is 2.13. The van der Waals surface area contributed by atoms with Gasteiger partial charge in [0.25, 0.3) is 5.91 Å². The quantitative estimate of drug-likeness (QED) is 0.543. The van der Waals surface area contributed by atoms with Crippen LogP contribution in [0.2, 0.25) is 0 Å². The summed E-state index contributed by atoms with van der Waals surface area (Å²) in [6.45, 7) is 6.05. The summed E-state index contributed by atoms with van der Waals surface area (Å²) in [4.78, 5) is 38.0. The zero-order valence-corrected chi connectivity index (χ0v) is 15.6. The monoisotopic (exact) mass is 371 g/mol. The fourth-order valence-corrected chi connectivity index (χ4v) is 2.57. The Kier molecular flexibility index (Phi) is 7.54. The van der Waals surface area contributed by atoms with Crippen LogP contribution in [-0.2, 0) is 16.1 Å². The smallest absolute Gasteiger partial charge is 0.313 e. The van der Waals surface area contributed by atoms with Gasteiger partial charge in [0.2, 0.25) is 0 Å². The second-order valence-electron chi connectivity index (χ2n) is 5.89. The van der Waals surface area contributed by atoms with Crippen molar-refractivity contribution < 1.29 is 14.4 Å². The normalized spacial score (nSPS) is 10.3. The Morgan fingerprint density at radius 3 is 2.56 bits per heavy atom. The van der Waals surface area contributed by atoms with Gasteiger partial charge in [0.15, 0.2) is 0 Å². The first-order chi connectivity index (χ1) is 13.0. The van der Waals surface area contributed by atoms with E-state index in [9.17, 15) is 14.4 Å². The summed E-state index contributed by atoms with van der Waals surface area (Å²) in [5.41, 5.74) is 0.876. The van der Waals surface area contributed by atoms with Crippen molar-refractivity contribution in [2.45, 2.75) is 26.8 Å². The van der Waals surface area contributed by atoms with Crippen LogP contribution >= 0.6 is 0 Å². The molecule has 0 saturated carbocycles. The van der Waals surface area contributed by atoms with Crippen LogP contribution in [0, 0.1) is 0 Å². The molecule has 0 aliphatic rings. The van der Waals surface area contributed by atoms with Gasteiger partial charge in [-0.05, 0) is 44.5 Å². The number of amides is 3. The Hall–Kier alpha value is -3.16. The average Bonchev–Trinajstić information content (AvgIpc) is 3.19. The minimum atomic E-state index is -0.762. The Morgan fingerprint density at radius 2 is 1.89 bits per heavy atom. The molecule has 0 spiro atoms. The summed E-state index contributed by atoms with van der Waals surface area (Å²) in [5.74, 6) is -1.59. The topological polar surface area (TPSA) is 96.3 Å². The second-order valence-corrected chi connectivity index (χ2v) is 5.89. The SMILES string of the molecule is CCN(CC)C(=O)c1cccc(NC(=O)C(=O)NCCCn2cccn2)c1. The number of carbonyl (C=O) groups is 3. The molecule has 0 fully saturated rings. The van der Waals surface area contributed by atoms with Gasteiger partial charge >= 0.3 is 11.8 Å². The van der Waals surface area contributed by atoms with Gasteiger partial charge in [0.1, 0.15) is 0 Å². The van der Waals surface area contributed by atoms with Crippen molar-refractivity contribution in [1.82, 2.24) is 20.0 Å². The Morgan fingerprint density at radius 1 is 1.11 bits per heavy atom. The molecule has 3 amide bonds. The largest absolute Gasteiger partial charge is 0.348 e. The summed E-state index contributed by atoms with van der Waals surface area (Å²) in [5, 5.41) is 9.16. The van der Waals surface area contributed by atoms with E-state index in [1.54, 1.807) is 40.0 Å². The van der Waals surface area contributed by atoms with E-state index < -0.39 is 11.8 Å². The summed E-state index contributed by atoms with van der Waals surface area (Å²) >= 11 is 0. The molecule has 0 radical (unpaired) electrons. The van der Waals surface area contributed by atoms with Crippen LogP contribution in [0.25, 0.3) is 0 Å². The van der Waals surface area contributed by atoms with Crippen molar-refractivity contribution in [2.24, 2.45) is 0 Å². The van der Waals surface area contributed by atoms with E-state index in [1.807, 2.05) is 26.1 Å². The maximum absolute atomic E-state index is 12.4. The first-order valence-electron chi connectivity index (χ1n) is 9.01. The van der Waals surface area contributed by atoms with Gasteiger partial charge in [-0.25, -0.2) is 0 Å². The van der Waals surface area contributed by atoms with Crippen molar-refractivity contribution in [3.63, 3.8) is 0 Å². The molecule has 0 unspecified atom stereocenters. The predicted octanol–water partition coefficient (Wildman–Crippen LogP) is 1.51. The third-order valence-corrected chi connectivity index (χ3v) is 4.03. The molecule has 0 bridgehead atoms. The average molecular weight is 371 g/mol. The van der Waals surface area contributed by atoms with E-state index in [0.29, 0.717) is 43.9 Å². The molecule has 1 aromatic heterocycles. The molecule has 27 heavy (non-hydrogen) atoms. The van der Waals surface area contributed by atoms with Crippen molar-refractivity contribution in [3.05, 3.63) is 48.3 Å². The molecule has 8 nitrogen and oxygen atoms in total. The first kappa shape index (κ1) is 20.2. The molecule has 1 heterocycles. The van der Waals surface area contributed by atoms with Crippen LogP contribution < -0.4 is 10.6 Å². The van der Waals surface area contributed by atoms with Crippen molar-refractivity contribution >= 4 is 23.4 Å². The van der Waals surface area contributed by atoms with Crippen LogP contribution in [0.15, 0.2) is 42.7 Å². The highest BCUT2D eigenvalue weighted by Gasteiger charge is 2.16. The predicted molar refractivity (Wildman–Crippen MR) is 102 cm³/mol. The Balaban J connectivity index is 1.84. The first-order valence-corrected chi connectivity index (χ1v) is 9.01. The summed E-state index contributed by atoms with van der Waals surface area (Å²) in [6, 6.07) is 8.40. The van der Waals surface area contributed by atoms with Crippen molar-refractivity contribution in [1.29, 1.82) is 0 Å². The number of aryl methyl sites for hydroxylation is 1. The van der Waals surface area contributed by atoms with E-state index in [-0.39, 0.29) is 5.91 Å². The molecule has 0 atom stereocenters. The fraction of sp³-hybridized carbons (Fsp3) is 0.368. The molecule has 1 aromatic carbocycles. The molecular formula is C19H25N5O3. The van der Waals surface area contributed by atoms with Gasteiger partial charge in [-0.1, -0.05) is 6.07 Å². The van der Waals surface area contributed by atoms with Crippen molar-refractivity contribution in [3.8, 4) is 0 Å². The highest BCUT2D eigenvalue weighted by atomic mass is 16.2. The van der Waals surface area contributed by atoms with Crippen LogP contribution in [0.1, 0.15) is 30.6 Å². The number of carbonyl (C=O) groups excluding carboxylic acids is 3. The number of nitrogens with one attached hydrogen (secondary N) is 2. The highest BCUT2D eigenvalue weighted by molar-refractivity contribution is 6.39. The summed E-state index contributed by atoms with van der Waals surface area (Å²) in [7, 11) is 0. The fourth-order valence-electron chi connectivity index (χ4n) is 2.57. The molecule has 0 saturated heterocycles. The third kappa shape index (κ3) is 5.95. The van der Waals surface area contributed by atoms with Crippen LogP contribution in [0.3, 0.4) is 0 Å². The van der Waals surface area contributed by atoms with Crippen LogP contribution in [0.5, 0.6) is 0 Å².